The van der Waals surface area contributed by atoms with Crippen LogP contribution in [0.3, 0.4) is 0 Å². The van der Waals surface area contributed by atoms with E-state index in [1.165, 1.54) is 12.3 Å². The van der Waals surface area contributed by atoms with Crippen LogP contribution in [0.15, 0.2) is 30.6 Å². The van der Waals surface area contributed by atoms with Crippen molar-refractivity contribution in [1.82, 2.24) is 4.98 Å². The summed E-state index contributed by atoms with van der Waals surface area (Å²) in [5.41, 5.74) is 0. The van der Waals surface area contributed by atoms with Crippen molar-refractivity contribution in [2.45, 2.75) is 0 Å². The van der Waals surface area contributed by atoms with Gasteiger partial charge in [-0.15, -0.1) is 0 Å². The molecule has 2 rings (SSSR count). The van der Waals surface area contributed by atoms with Crippen LogP contribution in [0.25, 0.3) is 10.8 Å². The van der Waals surface area contributed by atoms with Crippen molar-refractivity contribution in [3.63, 3.8) is 0 Å². The van der Waals surface area contributed by atoms with Crippen molar-refractivity contribution in [3.8, 4) is 0 Å². The van der Waals surface area contributed by atoms with E-state index in [2.05, 4.69) is 4.98 Å². The van der Waals surface area contributed by atoms with Crippen molar-refractivity contribution >= 4 is 10.8 Å². The number of nitrogens with zero attached hydrogens (tertiary/aromatic N) is 1. The molecule has 1 heterocycles. The number of benzene rings is 1. The number of fused-ring (bicyclic) bond motifs is 1. The largest absolute Gasteiger partial charge is 0.264 e. The summed E-state index contributed by atoms with van der Waals surface area (Å²) >= 11 is 0. The lowest BCUT2D eigenvalue weighted by Gasteiger charge is -1.97. The number of aromatic nitrogens is 1. The van der Waals surface area contributed by atoms with Crippen LogP contribution in [0.5, 0.6) is 0 Å². The van der Waals surface area contributed by atoms with E-state index >= 15 is 0 Å². The second-order valence-corrected chi connectivity index (χ2v) is 2.46. The first kappa shape index (κ1) is 7.16. The third-order valence-electron chi connectivity index (χ3n) is 1.71. The average Bonchev–Trinajstić information content (AvgIpc) is 2.12. The van der Waals surface area contributed by atoms with Crippen molar-refractivity contribution < 1.29 is 8.78 Å². The Kier molecular flexibility index (Phi) is 1.50. The summed E-state index contributed by atoms with van der Waals surface area (Å²) in [6.45, 7) is 0. The van der Waals surface area contributed by atoms with Gasteiger partial charge < -0.3 is 0 Å². The maximum absolute atomic E-state index is 13.0. The zero-order valence-electron chi connectivity index (χ0n) is 6.09. The van der Waals surface area contributed by atoms with Crippen molar-refractivity contribution in [1.29, 1.82) is 0 Å². The van der Waals surface area contributed by atoms with Gasteiger partial charge in [-0.05, 0) is 17.5 Å². The van der Waals surface area contributed by atoms with E-state index in [9.17, 15) is 8.78 Å². The summed E-state index contributed by atoms with van der Waals surface area (Å²) in [5, 5.41) is 0.876. The first-order chi connectivity index (χ1) is 5.79. The Morgan fingerprint density at radius 3 is 2.75 bits per heavy atom. The fraction of sp³-hybridized carbons (Fsp3) is 0. The molecule has 1 aromatic carbocycles. The van der Waals surface area contributed by atoms with Crippen LogP contribution in [0.2, 0.25) is 0 Å². The molecule has 0 N–H and O–H groups in total. The maximum Gasteiger partial charge on any atom is 0.168 e. The highest BCUT2D eigenvalue weighted by atomic mass is 19.2. The molecule has 3 heteroatoms. The number of halogens is 2. The molecular weight excluding hydrogens is 160 g/mol. The zero-order valence-corrected chi connectivity index (χ0v) is 6.09. The molecule has 0 radical (unpaired) electrons. The Morgan fingerprint density at radius 1 is 1.08 bits per heavy atom. The van der Waals surface area contributed by atoms with E-state index in [1.807, 2.05) is 0 Å². The molecule has 0 unspecified atom stereocenters. The van der Waals surface area contributed by atoms with E-state index in [4.69, 9.17) is 0 Å². The summed E-state index contributed by atoms with van der Waals surface area (Å²) in [5.74, 6) is -1.67. The van der Waals surface area contributed by atoms with Crippen LogP contribution in [-0.2, 0) is 0 Å². The molecule has 0 bridgehead atoms. The van der Waals surface area contributed by atoms with Gasteiger partial charge in [0.05, 0.1) is 0 Å². The Hall–Kier alpha value is -1.51. The van der Waals surface area contributed by atoms with E-state index in [1.54, 1.807) is 12.3 Å². The van der Waals surface area contributed by atoms with Gasteiger partial charge in [0.2, 0.25) is 0 Å². The number of hydrogen-bond acceptors (Lipinski definition) is 1. The Balaban J connectivity index is 2.91. The van der Waals surface area contributed by atoms with Gasteiger partial charge in [-0.3, -0.25) is 4.98 Å². The lowest BCUT2D eigenvalue weighted by Crippen LogP contribution is -1.85. The smallest absolute Gasteiger partial charge is 0.168 e. The monoisotopic (exact) mass is 165 g/mol. The second-order valence-electron chi connectivity index (χ2n) is 2.46. The van der Waals surface area contributed by atoms with Crippen LogP contribution in [0.4, 0.5) is 8.78 Å². The minimum atomic E-state index is -0.837. The third kappa shape index (κ3) is 0.942. The Bertz CT molecular complexity index is 426. The van der Waals surface area contributed by atoms with Gasteiger partial charge in [-0.1, -0.05) is 6.07 Å². The highest BCUT2D eigenvalue weighted by Crippen LogP contribution is 2.18. The molecule has 0 saturated heterocycles. The van der Waals surface area contributed by atoms with Gasteiger partial charge in [0.1, 0.15) is 0 Å². The van der Waals surface area contributed by atoms with E-state index in [0.717, 1.165) is 6.07 Å². The van der Waals surface area contributed by atoms with E-state index in [0.29, 0.717) is 5.39 Å². The van der Waals surface area contributed by atoms with Gasteiger partial charge >= 0.3 is 0 Å². The summed E-state index contributed by atoms with van der Waals surface area (Å²) in [7, 11) is 0. The predicted octanol–water partition coefficient (Wildman–Crippen LogP) is 2.51. The molecule has 60 valence electrons. The third-order valence-corrected chi connectivity index (χ3v) is 1.71. The quantitative estimate of drug-likeness (QED) is 0.584. The number of pyridine rings is 1. The van der Waals surface area contributed by atoms with Crippen molar-refractivity contribution in [2.75, 3.05) is 0 Å². The molecular formula is C9H5F2N. The van der Waals surface area contributed by atoms with E-state index < -0.39 is 11.6 Å². The van der Waals surface area contributed by atoms with Crippen LogP contribution < -0.4 is 0 Å². The topological polar surface area (TPSA) is 12.9 Å². The average molecular weight is 165 g/mol. The maximum atomic E-state index is 13.0. The molecule has 0 saturated carbocycles. The summed E-state index contributed by atoms with van der Waals surface area (Å²) in [4.78, 5) is 3.71. The van der Waals surface area contributed by atoms with Gasteiger partial charge in [0.15, 0.2) is 11.6 Å². The minimum absolute atomic E-state index is 0.220. The summed E-state index contributed by atoms with van der Waals surface area (Å²) in [6, 6.07) is 4.27. The summed E-state index contributed by atoms with van der Waals surface area (Å²) in [6.07, 6.45) is 2.85. The van der Waals surface area contributed by atoms with Crippen molar-refractivity contribution in [2.24, 2.45) is 0 Å². The SMILES string of the molecule is Fc1ccc2ccncc2c1F. The molecule has 12 heavy (non-hydrogen) atoms. The molecule has 1 nitrogen and oxygen atoms in total. The first-order valence-corrected chi connectivity index (χ1v) is 3.47. The van der Waals surface area contributed by atoms with Gasteiger partial charge in [-0.25, -0.2) is 8.78 Å². The normalized spacial score (nSPS) is 10.5. The van der Waals surface area contributed by atoms with E-state index in [-0.39, 0.29) is 5.39 Å². The standard InChI is InChI=1S/C9H5F2N/c10-8-2-1-6-3-4-12-5-7(6)9(8)11/h1-5H. The molecule has 0 aliphatic rings. The fourth-order valence-corrected chi connectivity index (χ4v) is 1.10. The molecule has 0 spiro atoms. The lowest BCUT2D eigenvalue weighted by atomic mass is 10.2. The number of rotatable bonds is 0. The summed E-state index contributed by atoms with van der Waals surface area (Å²) < 4.78 is 25.6. The Morgan fingerprint density at radius 2 is 1.92 bits per heavy atom. The van der Waals surface area contributed by atoms with Gasteiger partial charge in [0, 0.05) is 17.8 Å². The molecule has 0 aliphatic carbocycles. The van der Waals surface area contributed by atoms with Crippen LogP contribution in [0.1, 0.15) is 0 Å². The van der Waals surface area contributed by atoms with Gasteiger partial charge in [0.25, 0.3) is 0 Å². The molecule has 1 aromatic heterocycles. The molecule has 0 atom stereocenters. The van der Waals surface area contributed by atoms with Crippen molar-refractivity contribution in [3.05, 3.63) is 42.2 Å². The number of hydrogen-bond donors (Lipinski definition) is 0. The van der Waals surface area contributed by atoms with Crippen LogP contribution in [0, 0.1) is 11.6 Å². The van der Waals surface area contributed by atoms with Crippen LogP contribution >= 0.6 is 0 Å². The minimum Gasteiger partial charge on any atom is -0.264 e. The molecule has 0 aliphatic heterocycles. The molecule has 0 amide bonds. The highest BCUT2D eigenvalue weighted by Gasteiger charge is 2.05. The van der Waals surface area contributed by atoms with Crippen LogP contribution in [-0.4, -0.2) is 4.98 Å². The zero-order chi connectivity index (χ0) is 8.55. The predicted molar refractivity (Wildman–Crippen MR) is 41.7 cm³/mol. The fourth-order valence-electron chi connectivity index (χ4n) is 1.10. The highest BCUT2D eigenvalue weighted by molar-refractivity contribution is 5.81. The molecule has 0 fully saturated rings. The van der Waals surface area contributed by atoms with Gasteiger partial charge in [-0.2, -0.15) is 0 Å². The lowest BCUT2D eigenvalue weighted by molar-refractivity contribution is 0.517. The first-order valence-electron chi connectivity index (χ1n) is 3.47. The molecule has 2 aromatic rings. The second kappa shape index (κ2) is 2.52. The Labute approximate surface area is 67.7 Å².